The molecule has 0 spiro atoms. The van der Waals surface area contributed by atoms with E-state index in [9.17, 15) is 8.42 Å². The molecule has 0 unspecified atom stereocenters. The number of aryl methyl sites for hydroxylation is 1. The van der Waals surface area contributed by atoms with Gasteiger partial charge in [-0.1, -0.05) is 35.9 Å². The summed E-state index contributed by atoms with van der Waals surface area (Å²) in [5.74, 6) is -0.182. The quantitative estimate of drug-likeness (QED) is 0.734. The topological polar surface area (TPSA) is 51.4 Å². The summed E-state index contributed by atoms with van der Waals surface area (Å²) in [6, 6.07) is 12.7. The lowest BCUT2D eigenvalue weighted by Gasteiger charge is -2.04. The monoisotopic (exact) mass is 334 g/mol. The summed E-state index contributed by atoms with van der Waals surface area (Å²) < 4.78 is 26.6. The number of pyridine rings is 1. The van der Waals surface area contributed by atoms with Crippen molar-refractivity contribution in [2.75, 3.05) is 0 Å². The maximum atomic E-state index is 12.4. The molecule has 22 heavy (non-hydrogen) atoms. The second-order valence-electron chi connectivity index (χ2n) is 5.25. The van der Waals surface area contributed by atoms with E-state index in [2.05, 4.69) is 4.98 Å². The first kappa shape index (κ1) is 15.1. The normalized spacial score (nSPS) is 11.9. The summed E-state index contributed by atoms with van der Waals surface area (Å²) in [6.07, 6.45) is 1.77. The van der Waals surface area contributed by atoms with Crippen molar-refractivity contribution in [1.82, 2.24) is 9.38 Å². The van der Waals surface area contributed by atoms with Gasteiger partial charge >= 0.3 is 0 Å². The van der Waals surface area contributed by atoms with E-state index in [1.165, 1.54) is 0 Å². The molecule has 3 rings (SSSR count). The maximum absolute atomic E-state index is 12.4. The van der Waals surface area contributed by atoms with Crippen LogP contribution in [0.15, 0.2) is 48.7 Å². The highest BCUT2D eigenvalue weighted by molar-refractivity contribution is 7.89. The van der Waals surface area contributed by atoms with Gasteiger partial charge in [0.1, 0.15) is 5.65 Å². The molecule has 0 atom stereocenters. The maximum Gasteiger partial charge on any atom is 0.160 e. The smallest absolute Gasteiger partial charge is 0.160 e. The minimum Gasteiger partial charge on any atom is -0.304 e. The minimum absolute atomic E-state index is 0.0838. The van der Waals surface area contributed by atoms with Gasteiger partial charge in [-0.25, -0.2) is 13.4 Å². The van der Waals surface area contributed by atoms with Crippen molar-refractivity contribution < 1.29 is 8.42 Å². The number of aromatic nitrogens is 2. The summed E-state index contributed by atoms with van der Waals surface area (Å²) in [7, 11) is -3.33. The Hall–Kier alpha value is -1.85. The Morgan fingerprint density at radius 3 is 2.59 bits per heavy atom. The molecule has 0 saturated carbocycles. The van der Waals surface area contributed by atoms with Gasteiger partial charge in [0.15, 0.2) is 9.84 Å². The number of fused-ring (bicyclic) bond motifs is 1. The van der Waals surface area contributed by atoms with Crippen LogP contribution in [-0.4, -0.2) is 17.8 Å². The summed E-state index contributed by atoms with van der Waals surface area (Å²) >= 11 is 6.03. The lowest BCUT2D eigenvalue weighted by Crippen LogP contribution is -2.08. The third kappa shape index (κ3) is 3.15. The number of sulfone groups is 1. The van der Waals surface area contributed by atoms with E-state index in [1.54, 1.807) is 30.5 Å². The summed E-state index contributed by atoms with van der Waals surface area (Å²) in [5, 5.41) is 0.469. The van der Waals surface area contributed by atoms with Crippen molar-refractivity contribution in [2.45, 2.75) is 18.4 Å². The predicted octanol–water partition coefficient (Wildman–Crippen LogP) is 3.41. The van der Waals surface area contributed by atoms with Gasteiger partial charge in [0.05, 0.1) is 17.2 Å². The van der Waals surface area contributed by atoms with Crippen LogP contribution in [0.1, 0.15) is 17.0 Å². The van der Waals surface area contributed by atoms with Crippen molar-refractivity contribution in [3.8, 4) is 0 Å². The fourth-order valence-corrected chi connectivity index (χ4v) is 4.10. The largest absolute Gasteiger partial charge is 0.304 e. The highest BCUT2D eigenvalue weighted by Crippen LogP contribution is 2.20. The summed E-state index contributed by atoms with van der Waals surface area (Å²) in [5.41, 5.74) is 2.92. The molecule has 3 aromatic rings. The van der Waals surface area contributed by atoms with E-state index >= 15 is 0 Å². The van der Waals surface area contributed by atoms with E-state index in [1.807, 2.05) is 29.5 Å². The molecular weight excluding hydrogens is 320 g/mol. The van der Waals surface area contributed by atoms with Crippen LogP contribution in [0, 0.1) is 6.92 Å². The molecule has 0 radical (unpaired) electrons. The van der Waals surface area contributed by atoms with E-state index in [0.717, 1.165) is 11.3 Å². The SMILES string of the molecule is Cc1cccc2nc(CS(=O)(=O)Cc3ccccc3Cl)cn12. The van der Waals surface area contributed by atoms with Crippen molar-refractivity contribution in [2.24, 2.45) is 0 Å². The van der Waals surface area contributed by atoms with Gasteiger partial charge in [0.2, 0.25) is 0 Å². The highest BCUT2D eigenvalue weighted by atomic mass is 35.5. The van der Waals surface area contributed by atoms with Crippen LogP contribution in [-0.2, 0) is 21.3 Å². The van der Waals surface area contributed by atoms with E-state index < -0.39 is 9.84 Å². The Balaban J connectivity index is 1.87. The molecule has 0 bridgehead atoms. The molecule has 4 nitrogen and oxygen atoms in total. The number of halogens is 1. The first-order valence-corrected chi connectivity index (χ1v) is 9.02. The zero-order valence-electron chi connectivity index (χ0n) is 12.0. The molecule has 6 heteroatoms. The third-order valence-corrected chi connectivity index (χ3v) is 5.30. The fourth-order valence-electron chi connectivity index (χ4n) is 2.40. The first-order chi connectivity index (χ1) is 10.4. The van der Waals surface area contributed by atoms with Crippen LogP contribution < -0.4 is 0 Å². The standard InChI is InChI=1S/C16H15ClN2O2S/c1-12-5-4-8-16-18-14(9-19(12)16)11-22(20,21)10-13-6-2-3-7-15(13)17/h2-9H,10-11H2,1H3. The van der Waals surface area contributed by atoms with Gasteiger partial charge in [-0.2, -0.15) is 0 Å². The Morgan fingerprint density at radius 2 is 1.86 bits per heavy atom. The molecule has 0 fully saturated rings. The third-order valence-electron chi connectivity index (χ3n) is 3.45. The van der Waals surface area contributed by atoms with Gasteiger partial charge in [-0.15, -0.1) is 0 Å². The van der Waals surface area contributed by atoms with Crippen LogP contribution in [0.3, 0.4) is 0 Å². The van der Waals surface area contributed by atoms with E-state index in [0.29, 0.717) is 16.3 Å². The average Bonchev–Trinajstić information content (AvgIpc) is 2.84. The lowest BCUT2D eigenvalue weighted by atomic mass is 10.2. The second-order valence-corrected chi connectivity index (χ2v) is 7.72. The number of nitrogens with zero attached hydrogens (tertiary/aromatic N) is 2. The number of hydrogen-bond acceptors (Lipinski definition) is 3. The molecule has 0 N–H and O–H groups in total. The molecule has 1 aromatic carbocycles. The number of rotatable bonds is 4. The number of imidazole rings is 1. The zero-order chi connectivity index (χ0) is 15.7. The molecule has 0 aliphatic rings. The second kappa shape index (κ2) is 5.74. The lowest BCUT2D eigenvalue weighted by molar-refractivity contribution is 0.594. The van der Waals surface area contributed by atoms with Gasteiger partial charge < -0.3 is 4.40 Å². The van der Waals surface area contributed by atoms with Crippen molar-refractivity contribution in [3.63, 3.8) is 0 Å². The van der Waals surface area contributed by atoms with Gasteiger partial charge in [0.25, 0.3) is 0 Å². The van der Waals surface area contributed by atoms with E-state index in [4.69, 9.17) is 11.6 Å². The molecule has 2 aromatic heterocycles. The van der Waals surface area contributed by atoms with Crippen molar-refractivity contribution in [3.05, 3.63) is 70.6 Å². The fraction of sp³-hybridized carbons (Fsp3) is 0.188. The Bertz CT molecular complexity index is 932. The van der Waals surface area contributed by atoms with Crippen LogP contribution >= 0.6 is 11.6 Å². The van der Waals surface area contributed by atoms with E-state index in [-0.39, 0.29) is 11.5 Å². The molecule has 0 aliphatic carbocycles. The molecule has 0 amide bonds. The first-order valence-electron chi connectivity index (χ1n) is 6.82. The Kier molecular flexibility index (Phi) is 3.93. The predicted molar refractivity (Wildman–Crippen MR) is 87.7 cm³/mol. The van der Waals surface area contributed by atoms with Gasteiger partial charge in [0, 0.05) is 16.9 Å². The number of hydrogen-bond donors (Lipinski definition) is 0. The van der Waals surface area contributed by atoms with Gasteiger partial charge in [-0.05, 0) is 30.7 Å². The Labute approximate surface area is 134 Å². The van der Waals surface area contributed by atoms with Crippen molar-refractivity contribution >= 4 is 27.1 Å². The van der Waals surface area contributed by atoms with Crippen LogP contribution in [0.4, 0.5) is 0 Å². The Morgan fingerprint density at radius 1 is 1.09 bits per heavy atom. The molecule has 2 heterocycles. The summed E-state index contributed by atoms with van der Waals surface area (Å²) in [4.78, 5) is 4.37. The van der Waals surface area contributed by atoms with Gasteiger partial charge in [-0.3, -0.25) is 0 Å². The minimum atomic E-state index is -3.33. The molecule has 0 aliphatic heterocycles. The average molecular weight is 335 g/mol. The molecular formula is C16H15ClN2O2S. The highest BCUT2D eigenvalue weighted by Gasteiger charge is 2.17. The van der Waals surface area contributed by atoms with Crippen LogP contribution in [0.5, 0.6) is 0 Å². The van der Waals surface area contributed by atoms with Crippen molar-refractivity contribution in [1.29, 1.82) is 0 Å². The summed E-state index contributed by atoms with van der Waals surface area (Å²) in [6.45, 7) is 1.96. The zero-order valence-corrected chi connectivity index (χ0v) is 13.6. The molecule has 114 valence electrons. The van der Waals surface area contributed by atoms with Crippen LogP contribution in [0.2, 0.25) is 5.02 Å². The van der Waals surface area contributed by atoms with Crippen LogP contribution in [0.25, 0.3) is 5.65 Å². The number of benzene rings is 1. The molecule has 0 saturated heterocycles.